The van der Waals surface area contributed by atoms with Crippen molar-refractivity contribution in [1.29, 1.82) is 0 Å². The summed E-state index contributed by atoms with van der Waals surface area (Å²) in [7, 11) is 3.92. The third-order valence-corrected chi connectivity index (χ3v) is 4.97. The fourth-order valence-electron chi connectivity index (χ4n) is 3.50. The molecule has 104 valence electrons. The first-order chi connectivity index (χ1) is 9.23. The molecule has 1 aromatic rings. The van der Waals surface area contributed by atoms with Crippen LogP contribution in [0.4, 0.5) is 5.69 Å². The summed E-state index contributed by atoms with van der Waals surface area (Å²) in [6.07, 6.45) is 4.16. The standard InChI is InChI=1S/C16H24N2O/c1-18(14-3-5-15(19-2)6-4-14)12-13-11-16(13)7-9-17-10-8-16/h3-6,13,17H,7-12H2,1-2H3. The SMILES string of the molecule is COc1ccc(N(C)CC2CC23CCNCC3)cc1. The van der Waals surface area contributed by atoms with E-state index in [1.165, 1.54) is 44.6 Å². The molecule has 3 nitrogen and oxygen atoms in total. The number of nitrogens with one attached hydrogen (secondary N) is 1. The van der Waals surface area contributed by atoms with E-state index in [2.05, 4.69) is 29.4 Å². The maximum atomic E-state index is 5.21. The van der Waals surface area contributed by atoms with Crippen molar-refractivity contribution in [2.24, 2.45) is 11.3 Å². The van der Waals surface area contributed by atoms with Gasteiger partial charge in [-0.05, 0) is 68.0 Å². The number of benzene rings is 1. The molecule has 3 rings (SSSR count). The summed E-state index contributed by atoms with van der Waals surface area (Å²) in [4.78, 5) is 2.39. The van der Waals surface area contributed by atoms with E-state index in [1.807, 2.05) is 12.1 Å². The lowest BCUT2D eigenvalue weighted by atomic mass is 9.92. The number of hydrogen-bond acceptors (Lipinski definition) is 3. The Balaban J connectivity index is 1.58. The van der Waals surface area contributed by atoms with Crippen molar-refractivity contribution in [2.75, 3.05) is 38.7 Å². The molecule has 1 N–H and O–H groups in total. The maximum absolute atomic E-state index is 5.21. The minimum atomic E-state index is 0.673. The van der Waals surface area contributed by atoms with Gasteiger partial charge in [-0.15, -0.1) is 0 Å². The van der Waals surface area contributed by atoms with Crippen molar-refractivity contribution >= 4 is 5.69 Å². The molecule has 19 heavy (non-hydrogen) atoms. The van der Waals surface area contributed by atoms with E-state index in [-0.39, 0.29) is 0 Å². The van der Waals surface area contributed by atoms with E-state index < -0.39 is 0 Å². The summed E-state index contributed by atoms with van der Waals surface area (Å²) in [5, 5.41) is 3.47. The van der Waals surface area contributed by atoms with Crippen LogP contribution in [0.15, 0.2) is 24.3 Å². The summed E-state index contributed by atoms with van der Waals surface area (Å²) in [6, 6.07) is 8.38. The third kappa shape index (κ3) is 2.57. The predicted octanol–water partition coefficient (Wildman–Crippen LogP) is 2.52. The zero-order valence-corrected chi connectivity index (χ0v) is 12.0. The largest absolute Gasteiger partial charge is 0.497 e. The molecular weight excluding hydrogens is 236 g/mol. The number of piperidine rings is 1. The van der Waals surface area contributed by atoms with E-state index in [9.17, 15) is 0 Å². The lowest BCUT2D eigenvalue weighted by Crippen LogP contribution is -2.31. The van der Waals surface area contributed by atoms with Crippen molar-refractivity contribution in [3.05, 3.63) is 24.3 Å². The van der Waals surface area contributed by atoms with Gasteiger partial charge in [-0.2, -0.15) is 0 Å². The fraction of sp³-hybridized carbons (Fsp3) is 0.625. The molecular formula is C16H24N2O. The average molecular weight is 260 g/mol. The number of anilines is 1. The number of ether oxygens (including phenoxy) is 1. The highest BCUT2D eigenvalue weighted by Gasteiger charge is 2.53. The Morgan fingerprint density at radius 3 is 2.58 bits per heavy atom. The third-order valence-electron chi connectivity index (χ3n) is 4.97. The molecule has 1 spiro atoms. The van der Waals surface area contributed by atoms with E-state index >= 15 is 0 Å². The van der Waals surface area contributed by atoms with Crippen LogP contribution in [-0.2, 0) is 0 Å². The Kier molecular flexibility index (Phi) is 3.40. The van der Waals surface area contributed by atoms with Crippen LogP contribution in [0.3, 0.4) is 0 Å². The summed E-state index contributed by atoms with van der Waals surface area (Å²) < 4.78 is 5.21. The van der Waals surface area contributed by atoms with Gasteiger partial charge in [-0.1, -0.05) is 0 Å². The molecule has 1 atom stereocenters. The molecule has 1 heterocycles. The Bertz CT molecular complexity index is 423. The quantitative estimate of drug-likeness (QED) is 0.900. The zero-order valence-electron chi connectivity index (χ0n) is 12.0. The molecule has 0 bridgehead atoms. The maximum Gasteiger partial charge on any atom is 0.119 e. The summed E-state index contributed by atoms with van der Waals surface area (Å²) in [5.41, 5.74) is 1.96. The first kappa shape index (κ1) is 12.8. The van der Waals surface area contributed by atoms with Crippen LogP contribution in [0.5, 0.6) is 5.75 Å². The van der Waals surface area contributed by atoms with Crippen LogP contribution in [-0.4, -0.2) is 33.8 Å². The predicted molar refractivity (Wildman–Crippen MR) is 78.9 cm³/mol. The van der Waals surface area contributed by atoms with E-state index in [0.29, 0.717) is 5.41 Å². The zero-order chi connectivity index (χ0) is 13.3. The monoisotopic (exact) mass is 260 g/mol. The number of rotatable bonds is 4. The van der Waals surface area contributed by atoms with Gasteiger partial charge in [0.25, 0.3) is 0 Å². The van der Waals surface area contributed by atoms with Gasteiger partial charge in [0.05, 0.1) is 7.11 Å². The highest BCUT2D eigenvalue weighted by molar-refractivity contribution is 5.48. The molecule has 0 aromatic heterocycles. The van der Waals surface area contributed by atoms with Gasteiger partial charge in [0.2, 0.25) is 0 Å². The van der Waals surface area contributed by atoms with Crippen LogP contribution in [0.2, 0.25) is 0 Å². The molecule has 0 radical (unpaired) electrons. The second-order valence-electron chi connectivity index (χ2n) is 6.09. The van der Waals surface area contributed by atoms with Crippen molar-refractivity contribution in [2.45, 2.75) is 19.3 Å². The van der Waals surface area contributed by atoms with Crippen molar-refractivity contribution in [1.82, 2.24) is 5.32 Å². The first-order valence-corrected chi connectivity index (χ1v) is 7.29. The van der Waals surface area contributed by atoms with Crippen LogP contribution in [0.1, 0.15) is 19.3 Å². The Morgan fingerprint density at radius 2 is 1.95 bits per heavy atom. The lowest BCUT2D eigenvalue weighted by molar-refractivity contribution is 0.324. The van der Waals surface area contributed by atoms with Gasteiger partial charge in [0.1, 0.15) is 5.75 Å². The summed E-state index contributed by atoms with van der Waals surface area (Å²) in [5.74, 6) is 1.82. The van der Waals surface area contributed by atoms with Crippen molar-refractivity contribution in [3.8, 4) is 5.75 Å². The van der Waals surface area contributed by atoms with Gasteiger partial charge in [0.15, 0.2) is 0 Å². The second kappa shape index (κ2) is 5.04. The van der Waals surface area contributed by atoms with Crippen LogP contribution < -0.4 is 15.0 Å². The minimum Gasteiger partial charge on any atom is -0.497 e. The molecule has 1 unspecified atom stereocenters. The minimum absolute atomic E-state index is 0.673. The smallest absolute Gasteiger partial charge is 0.119 e. The average Bonchev–Trinajstić information content (AvgIpc) is 3.11. The molecule has 2 aliphatic rings. The van der Waals surface area contributed by atoms with Gasteiger partial charge < -0.3 is 15.0 Å². The second-order valence-corrected chi connectivity index (χ2v) is 6.09. The highest BCUT2D eigenvalue weighted by atomic mass is 16.5. The normalized spacial score (nSPS) is 24.2. The Hall–Kier alpha value is -1.22. The molecule has 1 aromatic carbocycles. The molecule has 2 fully saturated rings. The van der Waals surface area contributed by atoms with Crippen molar-refractivity contribution in [3.63, 3.8) is 0 Å². The van der Waals surface area contributed by atoms with Crippen LogP contribution in [0.25, 0.3) is 0 Å². The van der Waals surface area contributed by atoms with E-state index in [0.717, 1.165) is 11.7 Å². The van der Waals surface area contributed by atoms with E-state index in [4.69, 9.17) is 4.74 Å². The number of nitrogens with zero attached hydrogens (tertiary/aromatic N) is 1. The van der Waals surface area contributed by atoms with Crippen LogP contribution >= 0.6 is 0 Å². The molecule has 1 aliphatic carbocycles. The van der Waals surface area contributed by atoms with E-state index in [1.54, 1.807) is 7.11 Å². The fourth-order valence-corrected chi connectivity index (χ4v) is 3.50. The van der Waals surface area contributed by atoms with Crippen LogP contribution in [0, 0.1) is 11.3 Å². The number of hydrogen-bond donors (Lipinski definition) is 1. The summed E-state index contributed by atoms with van der Waals surface area (Å²) >= 11 is 0. The molecule has 1 saturated heterocycles. The van der Waals surface area contributed by atoms with Gasteiger partial charge in [-0.3, -0.25) is 0 Å². The Labute approximate surface area is 115 Å². The molecule has 1 saturated carbocycles. The number of methoxy groups -OCH3 is 1. The van der Waals surface area contributed by atoms with Gasteiger partial charge >= 0.3 is 0 Å². The molecule has 3 heteroatoms. The van der Waals surface area contributed by atoms with Gasteiger partial charge in [-0.25, -0.2) is 0 Å². The lowest BCUT2D eigenvalue weighted by Gasteiger charge is -2.26. The Morgan fingerprint density at radius 1 is 1.26 bits per heavy atom. The topological polar surface area (TPSA) is 24.5 Å². The molecule has 0 amide bonds. The summed E-state index contributed by atoms with van der Waals surface area (Å²) in [6.45, 7) is 3.61. The molecule has 1 aliphatic heterocycles. The highest BCUT2D eigenvalue weighted by Crippen LogP contribution is 2.58. The van der Waals surface area contributed by atoms with Gasteiger partial charge in [0, 0.05) is 19.3 Å². The van der Waals surface area contributed by atoms with Crippen molar-refractivity contribution < 1.29 is 4.74 Å². The first-order valence-electron chi connectivity index (χ1n) is 7.29.